The topological polar surface area (TPSA) is 55.8 Å². The smallest absolute Gasteiger partial charge is 0.342 e. The maximum atomic E-state index is 11.6. The highest BCUT2D eigenvalue weighted by Crippen LogP contribution is 2.30. The number of methoxy groups -OCH3 is 1. The molecule has 0 amide bonds. The molecule has 1 N–H and O–H groups in total. The van der Waals surface area contributed by atoms with Crippen molar-refractivity contribution in [2.24, 2.45) is 0 Å². The molecule has 0 aliphatic rings. The third kappa shape index (κ3) is 2.33. The molecule has 0 heterocycles. The van der Waals surface area contributed by atoms with Crippen LogP contribution in [0, 0.1) is 0 Å². The molecule has 1 aromatic rings. The van der Waals surface area contributed by atoms with Crippen LogP contribution in [0.1, 0.15) is 19.4 Å². The highest BCUT2D eigenvalue weighted by atomic mass is 16.5. The summed E-state index contributed by atoms with van der Waals surface area (Å²) in [7, 11) is 1.49. The fourth-order valence-electron chi connectivity index (χ4n) is 1.43. The van der Waals surface area contributed by atoms with Crippen molar-refractivity contribution in [2.45, 2.75) is 19.4 Å². The van der Waals surface area contributed by atoms with Gasteiger partial charge >= 0.3 is 5.97 Å². The fourth-order valence-corrected chi connectivity index (χ4v) is 1.43. The Balaban J connectivity index is 3.10. The molecule has 0 aliphatic heterocycles. The van der Waals surface area contributed by atoms with Gasteiger partial charge in [-0.2, -0.15) is 0 Å². The Bertz CT molecular complexity index is 371. The molecule has 0 radical (unpaired) electrons. The summed E-state index contributed by atoms with van der Waals surface area (Å²) in [4.78, 5) is 11.6. The average Bonchev–Trinajstić information content (AvgIpc) is 2.29. The minimum Gasteiger partial charge on any atom is -0.496 e. The minimum atomic E-state index is -1.69. The molecule has 0 saturated carbocycles. The number of carbonyl (C=O) groups excluding carboxylic acids is 1. The van der Waals surface area contributed by atoms with Crippen LogP contribution in [0.4, 0.5) is 0 Å². The lowest BCUT2D eigenvalue weighted by atomic mass is 9.95. The predicted octanol–water partition coefficient (Wildman–Crippen LogP) is 1.47. The first kappa shape index (κ1) is 12.5. The van der Waals surface area contributed by atoms with Crippen molar-refractivity contribution in [1.82, 2.24) is 0 Å². The number of ether oxygens (including phenoxy) is 2. The first-order valence-corrected chi connectivity index (χ1v) is 5.07. The second kappa shape index (κ2) is 4.99. The second-order valence-electron chi connectivity index (χ2n) is 3.49. The van der Waals surface area contributed by atoms with E-state index >= 15 is 0 Å². The Kier molecular flexibility index (Phi) is 3.90. The highest BCUT2D eigenvalue weighted by Gasteiger charge is 2.36. The fraction of sp³-hybridized carbons (Fsp3) is 0.417. The number of para-hydroxylation sites is 1. The summed E-state index contributed by atoms with van der Waals surface area (Å²) >= 11 is 0. The molecular weight excluding hydrogens is 208 g/mol. The number of esters is 1. The highest BCUT2D eigenvalue weighted by molar-refractivity contribution is 5.81. The number of rotatable bonds is 4. The number of hydrogen-bond acceptors (Lipinski definition) is 4. The van der Waals surface area contributed by atoms with Gasteiger partial charge in [0.1, 0.15) is 5.75 Å². The maximum absolute atomic E-state index is 11.6. The summed E-state index contributed by atoms with van der Waals surface area (Å²) in [5, 5.41) is 10.1. The van der Waals surface area contributed by atoms with Gasteiger partial charge in [-0.25, -0.2) is 4.79 Å². The molecule has 0 spiro atoms. The molecular formula is C12H16O4. The molecule has 1 unspecified atom stereocenters. The van der Waals surface area contributed by atoms with Crippen molar-refractivity contribution < 1.29 is 19.4 Å². The zero-order valence-electron chi connectivity index (χ0n) is 9.69. The van der Waals surface area contributed by atoms with Gasteiger partial charge in [-0.15, -0.1) is 0 Å². The third-order valence-corrected chi connectivity index (χ3v) is 2.30. The monoisotopic (exact) mass is 224 g/mol. The number of hydrogen-bond donors (Lipinski definition) is 1. The molecule has 0 bridgehead atoms. The van der Waals surface area contributed by atoms with E-state index in [1.807, 2.05) is 0 Å². The normalized spacial score (nSPS) is 14.0. The quantitative estimate of drug-likeness (QED) is 0.787. The molecule has 0 aromatic heterocycles. The van der Waals surface area contributed by atoms with E-state index in [0.717, 1.165) is 0 Å². The van der Waals surface area contributed by atoms with Crippen LogP contribution in [-0.2, 0) is 15.1 Å². The Labute approximate surface area is 94.8 Å². The van der Waals surface area contributed by atoms with Crippen molar-refractivity contribution in [1.29, 1.82) is 0 Å². The predicted molar refractivity (Wildman–Crippen MR) is 59.2 cm³/mol. The summed E-state index contributed by atoms with van der Waals surface area (Å²) in [5.41, 5.74) is -1.29. The van der Waals surface area contributed by atoms with Crippen molar-refractivity contribution in [3.05, 3.63) is 29.8 Å². The van der Waals surface area contributed by atoms with Crippen molar-refractivity contribution in [2.75, 3.05) is 13.7 Å². The molecule has 1 rings (SSSR count). The maximum Gasteiger partial charge on any atom is 0.342 e. The van der Waals surface area contributed by atoms with E-state index < -0.39 is 11.6 Å². The summed E-state index contributed by atoms with van der Waals surface area (Å²) in [6, 6.07) is 6.81. The molecule has 0 saturated heterocycles. The largest absolute Gasteiger partial charge is 0.496 e. The molecule has 1 aromatic carbocycles. The van der Waals surface area contributed by atoms with E-state index in [-0.39, 0.29) is 6.61 Å². The molecule has 0 fully saturated rings. The molecule has 0 aliphatic carbocycles. The van der Waals surface area contributed by atoms with Crippen LogP contribution in [0.15, 0.2) is 24.3 Å². The average molecular weight is 224 g/mol. The second-order valence-corrected chi connectivity index (χ2v) is 3.49. The van der Waals surface area contributed by atoms with E-state index in [2.05, 4.69) is 0 Å². The first-order valence-electron chi connectivity index (χ1n) is 5.07. The van der Waals surface area contributed by atoms with Gasteiger partial charge in [-0.1, -0.05) is 18.2 Å². The van der Waals surface area contributed by atoms with Gasteiger partial charge in [-0.3, -0.25) is 0 Å². The number of carbonyl (C=O) groups is 1. The zero-order chi connectivity index (χ0) is 12.2. The van der Waals surface area contributed by atoms with Gasteiger partial charge in [0, 0.05) is 5.56 Å². The molecule has 1 atom stereocenters. The van der Waals surface area contributed by atoms with E-state index in [0.29, 0.717) is 11.3 Å². The minimum absolute atomic E-state index is 0.226. The summed E-state index contributed by atoms with van der Waals surface area (Å²) in [6.45, 7) is 3.31. The van der Waals surface area contributed by atoms with E-state index in [4.69, 9.17) is 9.47 Å². The molecule has 4 heteroatoms. The van der Waals surface area contributed by atoms with E-state index in [9.17, 15) is 9.90 Å². The Hall–Kier alpha value is -1.55. The summed E-state index contributed by atoms with van der Waals surface area (Å²) in [5.74, 6) is -0.222. The van der Waals surface area contributed by atoms with Gasteiger partial charge in [-0.05, 0) is 19.9 Å². The van der Waals surface area contributed by atoms with E-state index in [1.165, 1.54) is 14.0 Å². The van der Waals surface area contributed by atoms with Gasteiger partial charge in [0.25, 0.3) is 0 Å². The lowest BCUT2D eigenvalue weighted by Crippen LogP contribution is -2.34. The molecule has 88 valence electrons. The van der Waals surface area contributed by atoms with Gasteiger partial charge in [0.2, 0.25) is 0 Å². The molecule has 16 heavy (non-hydrogen) atoms. The molecule has 4 nitrogen and oxygen atoms in total. The standard InChI is InChI=1S/C12H16O4/c1-4-16-11(13)12(2,14)9-7-5-6-8-10(9)15-3/h5-8,14H,4H2,1-3H3. The lowest BCUT2D eigenvalue weighted by molar-refractivity contribution is -0.164. The van der Waals surface area contributed by atoms with Gasteiger partial charge in [0.15, 0.2) is 5.60 Å². The summed E-state index contributed by atoms with van der Waals surface area (Å²) < 4.78 is 9.91. The number of benzene rings is 1. The van der Waals surface area contributed by atoms with Crippen molar-refractivity contribution >= 4 is 5.97 Å². The Morgan fingerprint density at radius 2 is 2.06 bits per heavy atom. The van der Waals surface area contributed by atoms with Crippen LogP contribution in [0.5, 0.6) is 5.75 Å². The van der Waals surface area contributed by atoms with Crippen LogP contribution >= 0.6 is 0 Å². The van der Waals surface area contributed by atoms with Crippen LogP contribution in [0.25, 0.3) is 0 Å². The van der Waals surface area contributed by atoms with Crippen LogP contribution < -0.4 is 4.74 Å². The summed E-state index contributed by atoms with van der Waals surface area (Å²) in [6.07, 6.45) is 0. The lowest BCUT2D eigenvalue weighted by Gasteiger charge is -2.23. The number of aliphatic hydroxyl groups is 1. The Morgan fingerprint density at radius 1 is 1.44 bits per heavy atom. The van der Waals surface area contributed by atoms with E-state index in [1.54, 1.807) is 31.2 Å². The van der Waals surface area contributed by atoms with Gasteiger partial charge < -0.3 is 14.6 Å². The van der Waals surface area contributed by atoms with Gasteiger partial charge in [0.05, 0.1) is 13.7 Å². The van der Waals surface area contributed by atoms with Crippen molar-refractivity contribution in [3.63, 3.8) is 0 Å². The zero-order valence-corrected chi connectivity index (χ0v) is 9.69. The van der Waals surface area contributed by atoms with Crippen LogP contribution in [0.2, 0.25) is 0 Å². The van der Waals surface area contributed by atoms with Crippen LogP contribution in [0.3, 0.4) is 0 Å². The Morgan fingerprint density at radius 3 is 2.62 bits per heavy atom. The van der Waals surface area contributed by atoms with Crippen molar-refractivity contribution in [3.8, 4) is 5.75 Å². The van der Waals surface area contributed by atoms with Crippen LogP contribution in [-0.4, -0.2) is 24.8 Å². The first-order chi connectivity index (χ1) is 7.54. The third-order valence-electron chi connectivity index (χ3n) is 2.30. The SMILES string of the molecule is CCOC(=O)C(C)(O)c1ccccc1OC.